The number of rotatable bonds is 5. The van der Waals surface area contributed by atoms with Gasteiger partial charge in [-0.2, -0.15) is 0 Å². The van der Waals surface area contributed by atoms with Gasteiger partial charge in [-0.15, -0.1) is 11.8 Å². The summed E-state index contributed by atoms with van der Waals surface area (Å²) >= 11 is 0. The van der Waals surface area contributed by atoms with E-state index >= 15 is 0 Å². The molecule has 0 spiro atoms. The van der Waals surface area contributed by atoms with Crippen LogP contribution < -0.4 is 10.1 Å². The molecule has 0 radical (unpaired) electrons. The average Bonchev–Trinajstić information content (AvgIpc) is 2.34. The Morgan fingerprint density at radius 3 is 2.81 bits per heavy atom. The fourth-order valence-electron chi connectivity index (χ4n) is 1.46. The molecule has 1 aromatic carbocycles. The maximum Gasteiger partial charge on any atom is 0.124 e. The van der Waals surface area contributed by atoms with Crippen molar-refractivity contribution >= 4 is 0 Å². The fourth-order valence-corrected chi connectivity index (χ4v) is 1.46. The molecule has 0 fully saturated rings. The molecule has 1 aromatic rings. The quantitative estimate of drug-likeness (QED) is 0.605. The topological polar surface area (TPSA) is 21.3 Å². The van der Waals surface area contributed by atoms with Crippen molar-refractivity contribution in [1.29, 1.82) is 0 Å². The minimum atomic E-state index is 0.299. The minimum Gasteiger partial charge on any atom is -0.492 e. The van der Waals surface area contributed by atoms with Crippen LogP contribution in [-0.4, -0.2) is 13.7 Å². The fraction of sp³-hybridized carbons (Fsp3) is 0.429. The third-order valence-corrected chi connectivity index (χ3v) is 2.48. The normalized spacial score (nSPS) is 11.4. The molecule has 16 heavy (non-hydrogen) atoms. The summed E-state index contributed by atoms with van der Waals surface area (Å²) in [5, 5.41) is 3.22. The van der Waals surface area contributed by atoms with Crippen molar-refractivity contribution in [3.63, 3.8) is 0 Å². The second kappa shape index (κ2) is 6.92. The highest BCUT2D eigenvalue weighted by atomic mass is 16.5. The van der Waals surface area contributed by atoms with Gasteiger partial charge in [-0.25, -0.2) is 0 Å². The summed E-state index contributed by atoms with van der Waals surface area (Å²) in [6, 6.07) is 8.41. The number of ether oxygens (including phenoxy) is 1. The van der Waals surface area contributed by atoms with E-state index in [1.165, 1.54) is 5.56 Å². The molecule has 0 saturated carbocycles. The van der Waals surface area contributed by atoms with E-state index in [0.29, 0.717) is 12.6 Å². The van der Waals surface area contributed by atoms with Crippen LogP contribution in [0, 0.1) is 11.8 Å². The van der Waals surface area contributed by atoms with Crippen molar-refractivity contribution in [2.24, 2.45) is 0 Å². The summed E-state index contributed by atoms with van der Waals surface area (Å²) in [5.41, 5.74) is 1.19. The van der Waals surface area contributed by atoms with Gasteiger partial charge >= 0.3 is 0 Å². The second-order valence-corrected chi connectivity index (χ2v) is 3.57. The van der Waals surface area contributed by atoms with Crippen LogP contribution in [0.1, 0.15) is 31.9 Å². The summed E-state index contributed by atoms with van der Waals surface area (Å²) < 4.78 is 5.72. The van der Waals surface area contributed by atoms with E-state index in [9.17, 15) is 0 Å². The first-order chi connectivity index (χ1) is 7.79. The molecule has 2 heteroatoms. The van der Waals surface area contributed by atoms with E-state index in [-0.39, 0.29) is 0 Å². The Hall–Kier alpha value is -1.46. The van der Waals surface area contributed by atoms with Crippen molar-refractivity contribution in [2.75, 3.05) is 13.7 Å². The van der Waals surface area contributed by atoms with Crippen molar-refractivity contribution in [3.05, 3.63) is 29.8 Å². The number of nitrogens with one attached hydrogen (secondary N) is 1. The van der Waals surface area contributed by atoms with Crippen LogP contribution in [0.15, 0.2) is 24.3 Å². The predicted octanol–water partition coefficient (Wildman–Crippen LogP) is 2.76. The molecule has 1 atom stereocenters. The van der Waals surface area contributed by atoms with E-state index in [4.69, 9.17) is 4.74 Å². The van der Waals surface area contributed by atoms with Crippen molar-refractivity contribution in [3.8, 4) is 17.6 Å². The Balaban J connectivity index is 2.66. The lowest BCUT2D eigenvalue weighted by Crippen LogP contribution is -2.13. The summed E-state index contributed by atoms with van der Waals surface area (Å²) in [6.45, 7) is 4.61. The zero-order chi connectivity index (χ0) is 11.8. The lowest BCUT2D eigenvalue weighted by Gasteiger charge is -2.15. The molecule has 0 aliphatic heterocycles. The van der Waals surface area contributed by atoms with Crippen LogP contribution in [0.5, 0.6) is 5.75 Å². The lowest BCUT2D eigenvalue weighted by atomic mass is 10.1. The highest BCUT2D eigenvalue weighted by molar-refractivity contribution is 5.35. The van der Waals surface area contributed by atoms with Gasteiger partial charge in [0.1, 0.15) is 5.75 Å². The highest BCUT2D eigenvalue weighted by Crippen LogP contribution is 2.24. The van der Waals surface area contributed by atoms with Crippen LogP contribution in [0.2, 0.25) is 0 Å². The van der Waals surface area contributed by atoms with E-state index in [1.54, 1.807) is 0 Å². The Morgan fingerprint density at radius 2 is 2.12 bits per heavy atom. The summed E-state index contributed by atoms with van der Waals surface area (Å²) in [6.07, 6.45) is 0.777. The van der Waals surface area contributed by atoms with Crippen LogP contribution in [0.4, 0.5) is 0 Å². The van der Waals surface area contributed by atoms with Gasteiger partial charge in [-0.1, -0.05) is 18.2 Å². The Labute approximate surface area is 98.0 Å². The van der Waals surface area contributed by atoms with Crippen molar-refractivity contribution < 1.29 is 4.74 Å². The van der Waals surface area contributed by atoms with E-state index < -0.39 is 0 Å². The average molecular weight is 217 g/mol. The summed E-state index contributed by atoms with van der Waals surface area (Å²) in [7, 11) is 1.95. The van der Waals surface area contributed by atoms with Gasteiger partial charge in [-0.05, 0) is 27.0 Å². The molecule has 0 saturated heterocycles. The molecule has 86 valence electrons. The summed E-state index contributed by atoms with van der Waals surface area (Å²) in [4.78, 5) is 0. The SMILES string of the molecule is CC#CCCOc1ccccc1C(C)NC. The third kappa shape index (κ3) is 3.60. The van der Waals surface area contributed by atoms with Gasteiger partial charge in [0.25, 0.3) is 0 Å². The van der Waals surface area contributed by atoms with E-state index in [2.05, 4.69) is 30.1 Å². The van der Waals surface area contributed by atoms with E-state index in [1.807, 2.05) is 32.2 Å². The Morgan fingerprint density at radius 1 is 1.38 bits per heavy atom. The standard InChI is InChI=1S/C14H19NO/c1-4-5-8-11-16-14-10-7-6-9-13(14)12(2)15-3/h6-7,9-10,12,15H,8,11H2,1-3H3. The Bertz CT molecular complexity index is 376. The molecule has 1 rings (SSSR count). The van der Waals surface area contributed by atoms with Gasteiger partial charge in [0.05, 0.1) is 6.61 Å². The maximum atomic E-state index is 5.72. The molecule has 1 N–H and O–H groups in total. The molecule has 0 amide bonds. The monoisotopic (exact) mass is 217 g/mol. The van der Waals surface area contributed by atoms with Gasteiger partial charge in [0.15, 0.2) is 0 Å². The first-order valence-corrected chi connectivity index (χ1v) is 5.58. The number of para-hydroxylation sites is 1. The smallest absolute Gasteiger partial charge is 0.124 e. The molecular weight excluding hydrogens is 198 g/mol. The van der Waals surface area contributed by atoms with Crippen LogP contribution in [-0.2, 0) is 0 Å². The number of hydrogen-bond acceptors (Lipinski definition) is 2. The molecule has 0 aromatic heterocycles. The molecular formula is C14H19NO. The first kappa shape index (κ1) is 12.6. The largest absolute Gasteiger partial charge is 0.492 e. The highest BCUT2D eigenvalue weighted by Gasteiger charge is 2.08. The number of hydrogen-bond donors (Lipinski definition) is 1. The molecule has 1 unspecified atom stereocenters. The molecule has 0 aliphatic rings. The van der Waals surface area contributed by atoms with Gasteiger partial charge in [-0.3, -0.25) is 0 Å². The van der Waals surface area contributed by atoms with Gasteiger partial charge in [0.2, 0.25) is 0 Å². The van der Waals surface area contributed by atoms with Crippen molar-refractivity contribution in [1.82, 2.24) is 5.32 Å². The van der Waals surface area contributed by atoms with Crippen molar-refractivity contribution in [2.45, 2.75) is 26.3 Å². The molecule has 2 nitrogen and oxygen atoms in total. The summed E-state index contributed by atoms with van der Waals surface area (Å²) in [5.74, 6) is 6.80. The predicted molar refractivity (Wildman–Crippen MR) is 67.5 cm³/mol. The van der Waals surface area contributed by atoms with Gasteiger partial charge < -0.3 is 10.1 Å². The van der Waals surface area contributed by atoms with Crippen LogP contribution >= 0.6 is 0 Å². The second-order valence-electron chi connectivity index (χ2n) is 3.57. The molecule has 0 bridgehead atoms. The zero-order valence-electron chi connectivity index (χ0n) is 10.2. The maximum absolute atomic E-state index is 5.72. The van der Waals surface area contributed by atoms with Crippen LogP contribution in [0.25, 0.3) is 0 Å². The zero-order valence-corrected chi connectivity index (χ0v) is 10.2. The van der Waals surface area contributed by atoms with Gasteiger partial charge in [0, 0.05) is 18.0 Å². The first-order valence-electron chi connectivity index (χ1n) is 5.58. The number of benzene rings is 1. The Kier molecular flexibility index (Phi) is 5.45. The third-order valence-electron chi connectivity index (χ3n) is 2.48. The lowest BCUT2D eigenvalue weighted by molar-refractivity contribution is 0.321. The minimum absolute atomic E-state index is 0.299. The molecule has 0 heterocycles. The molecule has 0 aliphatic carbocycles. The van der Waals surface area contributed by atoms with E-state index in [0.717, 1.165) is 12.2 Å². The van der Waals surface area contributed by atoms with Crippen LogP contribution in [0.3, 0.4) is 0 Å².